The molecule has 188 valence electrons. The van der Waals surface area contributed by atoms with E-state index in [-0.39, 0.29) is 48.8 Å². The molecular weight excluding hydrogens is 442 g/mol. The number of carbonyl (C=O) groups excluding carboxylic acids is 4. The molecule has 0 spiro atoms. The summed E-state index contributed by atoms with van der Waals surface area (Å²) in [4.78, 5) is 52.5. The smallest absolute Gasteiger partial charge is 0.310 e. The summed E-state index contributed by atoms with van der Waals surface area (Å²) in [5, 5.41) is 2.73. The average Bonchev–Trinajstić information content (AvgIpc) is 2.81. The van der Waals surface area contributed by atoms with Gasteiger partial charge in [0.1, 0.15) is 0 Å². The standard InChI is InChI=1S/C24H35N3O7/c1-6-33-24(31)18-8-7-11-27(13-18)22(29)14-26(4)23(30)17-9-10-19(20(12-17)32-5)34-15-21(28)25-16(2)3/h9-10,12,16,18H,6-8,11,13-15H2,1-5H3,(H,25,28). The van der Waals surface area contributed by atoms with Gasteiger partial charge in [0.25, 0.3) is 11.8 Å². The van der Waals surface area contributed by atoms with Crippen molar-refractivity contribution < 1.29 is 33.4 Å². The number of benzene rings is 1. The van der Waals surface area contributed by atoms with E-state index in [0.717, 1.165) is 0 Å². The zero-order chi connectivity index (χ0) is 25.3. The second-order valence-corrected chi connectivity index (χ2v) is 8.47. The van der Waals surface area contributed by atoms with Crippen LogP contribution in [0.2, 0.25) is 0 Å². The summed E-state index contributed by atoms with van der Waals surface area (Å²) in [7, 11) is 2.98. The van der Waals surface area contributed by atoms with Crippen LogP contribution in [-0.4, -0.2) is 86.5 Å². The van der Waals surface area contributed by atoms with E-state index in [1.165, 1.54) is 18.1 Å². The van der Waals surface area contributed by atoms with Gasteiger partial charge in [0.15, 0.2) is 18.1 Å². The van der Waals surface area contributed by atoms with Gasteiger partial charge in [-0.3, -0.25) is 19.2 Å². The summed E-state index contributed by atoms with van der Waals surface area (Å²) < 4.78 is 15.9. The number of piperidine rings is 1. The molecule has 1 aliphatic rings. The molecule has 34 heavy (non-hydrogen) atoms. The van der Waals surface area contributed by atoms with Crippen molar-refractivity contribution in [2.24, 2.45) is 5.92 Å². The molecule has 0 aliphatic carbocycles. The molecule has 1 unspecified atom stereocenters. The third-order valence-electron chi connectivity index (χ3n) is 5.33. The number of rotatable bonds is 10. The second-order valence-electron chi connectivity index (χ2n) is 8.47. The lowest BCUT2D eigenvalue weighted by Crippen LogP contribution is -2.47. The van der Waals surface area contributed by atoms with Crippen LogP contribution in [0.5, 0.6) is 11.5 Å². The Bertz CT molecular complexity index is 887. The van der Waals surface area contributed by atoms with Crippen LogP contribution in [0.1, 0.15) is 44.0 Å². The number of ether oxygens (including phenoxy) is 3. The number of nitrogens with one attached hydrogen (secondary N) is 1. The molecule has 10 nitrogen and oxygen atoms in total. The first-order chi connectivity index (χ1) is 16.2. The first-order valence-corrected chi connectivity index (χ1v) is 11.5. The van der Waals surface area contributed by atoms with Crippen LogP contribution in [0.4, 0.5) is 0 Å². The van der Waals surface area contributed by atoms with Crippen molar-refractivity contribution in [3.8, 4) is 11.5 Å². The first-order valence-electron chi connectivity index (χ1n) is 11.5. The zero-order valence-corrected chi connectivity index (χ0v) is 20.6. The van der Waals surface area contributed by atoms with Gasteiger partial charge in [-0.15, -0.1) is 0 Å². The van der Waals surface area contributed by atoms with Gasteiger partial charge in [0, 0.05) is 31.7 Å². The Balaban J connectivity index is 1.98. The molecule has 3 amide bonds. The number of esters is 1. The minimum atomic E-state index is -0.366. The van der Waals surface area contributed by atoms with Crippen LogP contribution >= 0.6 is 0 Å². The maximum Gasteiger partial charge on any atom is 0.310 e. The van der Waals surface area contributed by atoms with E-state index in [1.54, 1.807) is 31.0 Å². The largest absolute Gasteiger partial charge is 0.493 e. The molecule has 1 saturated heterocycles. The number of likely N-dealkylation sites (N-methyl/N-ethyl adjacent to an activating group) is 1. The Morgan fingerprint density at radius 3 is 2.59 bits per heavy atom. The Morgan fingerprint density at radius 1 is 1.21 bits per heavy atom. The number of likely N-dealkylation sites (tertiary alicyclic amines) is 1. The molecule has 1 fully saturated rings. The summed E-state index contributed by atoms with van der Waals surface area (Å²) in [6.45, 7) is 6.29. The molecule has 10 heteroatoms. The van der Waals surface area contributed by atoms with Crippen molar-refractivity contribution in [2.75, 3.05) is 47.0 Å². The molecule has 2 rings (SSSR count). The molecule has 1 heterocycles. The molecule has 1 atom stereocenters. The van der Waals surface area contributed by atoms with Crippen LogP contribution < -0.4 is 14.8 Å². The fourth-order valence-corrected chi connectivity index (χ4v) is 3.68. The van der Waals surface area contributed by atoms with E-state index in [2.05, 4.69) is 5.32 Å². The molecule has 1 aliphatic heterocycles. The molecule has 1 N–H and O–H groups in total. The summed E-state index contributed by atoms with van der Waals surface area (Å²) in [6.07, 6.45) is 1.39. The zero-order valence-electron chi connectivity index (χ0n) is 20.6. The van der Waals surface area contributed by atoms with Crippen molar-refractivity contribution in [1.29, 1.82) is 0 Å². The monoisotopic (exact) mass is 477 g/mol. The topological polar surface area (TPSA) is 114 Å². The van der Waals surface area contributed by atoms with Gasteiger partial charge in [-0.25, -0.2) is 0 Å². The highest BCUT2D eigenvalue weighted by Gasteiger charge is 2.30. The van der Waals surface area contributed by atoms with Crippen molar-refractivity contribution in [2.45, 2.75) is 39.7 Å². The van der Waals surface area contributed by atoms with Gasteiger partial charge in [-0.05, 0) is 51.8 Å². The Labute approximate surface area is 200 Å². The van der Waals surface area contributed by atoms with Gasteiger partial charge in [-0.2, -0.15) is 0 Å². The highest BCUT2D eigenvalue weighted by atomic mass is 16.5. The maximum absolute atomic E-state index is 12.9. The van der Waals surface area contributed by atoms with Gasteiger partial charge in [0.05, 0.1) is 26.2 Å². The van der Waals surface area contributed by atoms with Crippen LogP contribution in [0.25, 0.3) is 0 Å². The van der Waals surface area contributed by atoms with Crippen molar-refractivity contribution in [3.63, 3.8) is 0 Å². The minimum Gasteiger partial charge on any atom is -0.493 e. The Kier molecular flexibility index (Phi) is 10.2. The lowest BCUT2D eigenvalue weighted by atomic mass is 9.98. The van der Waals surface area contributed by atoms with Crippen molar-refractivity contribution in [1.82, 2.24) is 15.1 Å². The second kappa shape index (κ2) is 12.8. The van der Waals surface area contributed by atoms with E-state index in [0.29, 0.717) is 49.6 Å². The van der Waals surface area contributed by atoms with Crippen molar-refractivity contribution in [3.05, 3.63) is 23.8 Å². The predicted molar refractivity (Wildman–Crippen MR) is 125 cm³/mol. The highest BCUT2D eigenvalue weighted by Crippen LogP contribution is 2.28. The predicted octanol–water partition coefficient (Wildman–Crippen LogP) is 1.47. The minimum absolute atomic E-state index is 0.00257. The van der Waals surface area contributed by atoms with E-state index < -0.39 is 0 Å². The van der Waals surface area contributed by atoms with Crippen LogP contribution in [0.3, 0.4) is 0 Å². The SMILES string of the molecule is CCOC(=O)C1CCCN(C(=O)CN(C)C(=O)c2ccc(OCC(=O)NC(C)C)c(OC)c2)C1. The highest BCUT2D eigenvalue weighted by molar-refractivity contribution is 5.97. The normalized spacial score (nSPS) is 15.5. The molecule has 1 aromatic carbocycles. The number of nitrogens with zero attached hydrogens (tertiary/aromatic N) is 2. The van der Waals surface area contributed by atoms with Gasteiger partial charge < -0.3 is 29.3 Å². The van der Waals surface area contributed by atoms with Gasteiger partial charge in [0.2, 0.25) is 5.91 Å². The van der Waals surface area contributed by atoms with Crippen molar-refractivity contribution >= 4 is 23.7 Å². The van der Waals surface area contributed by atoms with E-state index in [9.17, 15) is 19.2 Å². The van der Waals surface area contributed by atoms with E-state index in [1.807, 2.05) is 13.8 Å². The molecule has 0 radical (unpaired) electrons. The molecule has 0 aromatic heterocycles. The van der Waals surface area contributed by atoms with E-state index in [4.69, 9.17) is 14.2 Å². The summed E-state index contributed by atoms with van der Waals surface area (Å²) in [6, 6.07) is 4.62. The molecule has 0 bridgehead atoms. The summed E-state index contributed by atoms with van der Waals surface area (Å²) in [5.41, 5.74) is 0.314. The maximum atomic E-state index is 12.9. The molecule has 1 aromatic rings. The number of methoxy groups -OCH3 is 1. The third-order valence-corrected chi connectivity index (χ3v) is 5.33. The van der Waals surface area contributed by atoms with Gasteiger partial charge >= 0.3 is 5.97 Å². The summed E-state index contributed by atoms with van der Waals surface area (Å²) >= 11 is 0. The number of hydrogen-bond acceptors (Lipinski definition) is 7. The fraction of sp³-hybridized carbons (Fsp3) is 0.583. The fourth-order valence-electron chi connectivity index (χ4n) is 3.68. The Morgan fingerprint density at radius 2 is 1.94 bits per heavy atom. The molecular formula is C24H35N3O7. The lowest BCUT2D eigenvalue weighted by molar-refractivity contribution is -0.151. The first kappa shape index (κ1) is 26.9. The summed E-state index contributed by atoms with van der Waals surface area (Å²) in [5.74, 6) is -0.856. The van der Waals surface area contributed by atoms with Crippen LogP contribution in [0, 0.1) is 5.92 Å². The third kappa shape index (κ3) is 7.64. The van der Waals surface area contributed by atoms with E-state index >= 15 is 0 Å². The van der Waals surface area contributed by atoms with Crippen LogP contribution in [0.15, 0.2) is 18.2 Å². The Hall–Kier alpha value is -3.30. The number of hydrogen-bond donors (Lipinski definition) is 1. The quantitative estimate of drug-likeness (QED) is 0.508. The lowest BCUT2D eigenvalue weighted by Gasteiger charge is -2.32. The number of amides is 3. The average molecular weight is 478 g/mol. The van der Waals surface area contributed by atoms with Gasteiger partial charge in [-0.1, -0.05) is 0 Å². The number of carbonyl (C=O) groups is 4. The van der Waals surface area contributed by atoms with Crippen LogP contribution in [-0.2, 0) is 19.1 Å². The molecule has 0 saturated carbocycles.